The molecule has 0 saturated heterocycles. The van der Waals surface area contributed by atoms with Gasteiger partial charge in [-0.05, 0) is 46.1 Å². The molecule has 0 aliphatic heterocycles. The largest absolute Gasteiger partial charge is 0.249 e. The highest BCUT2D eigenvalue weighted by molar-refractivity contribution is 5.65. The van der Waals surface area contributed by atoms with Gasteiger partial charge in [0.1, 0.15) is 0 Å². The van der Waals surface area contributed by atoms with Crippen LogP contribution in [0.1, 0.15) is 72.8 Å². The molecule has 0 spiro atoms. The smallest absolute Gasteiger partial charge is 0.227 e. The number of benzene rings is 1. The lowest BCUT2D eigenvalue weighted by Crippen LogP contribution is -2.32. The van der Waals surface area contributed by atoms with Crippen LogP contribution in [0.2, 0.25) is 0 Å². The van der Waals surface area contributed by atoms with Gasteiger partial charge in [-0.2, -0.15) is 9.78 Å². The third kappa shape index (κ3) is 8.15. The normalized spacial score (nSPS) is 12.6. The fourth-order valence-electron chi connectivity index (χ4n) is 2.56. The van der Waals surface area contributed by atoms with Crippen molar-refractivity contribution in [3.05, 3.63) is 42.5 Å². The molecule has 0 unspecified atom stereocenters. The van der Waals surface area contributed by atoms with Crippen LogP contribution < -0.4 is 0 Å². The first-order valence-corrected chi connectivity index (χ1v) is 9.14. The van der Waals surface area contributed by atoms with Crippen molar-refractivity contribution in [2.75, 3.05) is 0 Å². The fourth-order valence-corrected chi connectivity index (χ4v) is 2.56. The summed E-state index contributed by atoms with van der Waals surface area (Å²) in [6.07, 6.45) is 2.91. The van der Waals surface area contributed by atoms with Crippen LogP contribution in [0.3, 0.4) is 0 Å². The van der Waals surface area contributed by atoms with Crippen molar-refractivity contribution < 1.29 is 19.6 Å². The third-order valence-electron chi connectivity index (χ3n) is 3.86. The van der Waals surface area contributed by atoms with Crippen molar-refractivity contribution in [1.29, 1.82) is 0 Å². The summed E-state index contributed by atoms with van der Waals surface area (Å²) in [5, 5.41) is 0. The Labute approximate surface area is 153 Å². The summed E-state index contributed by atoms with van der Waals surface area (Å²) < 4.78 is 0. The van der Waals surface area contributed by atoms with E-state index in [2.05, 4.69) is 20.4 Å². The standard InChI is InChI=1S/C21H34O4/c1-8-15-20(4,5)24-22-19(23-25-21(6,7)16-9-2)17(3)18-13-11-10-12-14-18/h10-14,19H,3,8-9,15-16H2,1-2,4-7H3. The molecule has 0 aromatic heterocycles. The molecule has 1 rings (SSSR count). The summed E-state index contributed by atoms with van der Waals surface area (Å²) in [5.41, 5.74) is 0.750. The Bertz CT molecular complexity index is 486. The number of hydrogen-bond donors (Lipinski definition) is 0. The topological polar surface area (TPSA) is 36.9 Å². The average molecular weight is 350 g/mol. The van der Waals surface area contributed by atoms with Crippen molar-refractivity contribution in [3.63, 3.8) is 0 Å². The zero-order valence-electron chi connectivity index (χ0n) is 16.6. The van der Waals surface area contributed by atoms with E-state index in [1.807, 2.05) is 58.0 Å². The quantitative estimate of drug-likeness (QED) is 0.260. The van der Waals surface area contributed by atoms with E-state index in [4.69, 9.17) is 19.6 Å². The molecule has 0 radical (unpaired) electrons. The Morgan fingerprint density at radius 3 is 1.72 bits per heavy atom. The zero-order valence-corrected chi connectivity index (χ0v) is 16.6. The predicted octanol–water partition coefficient (Wildman–Crippen LogP) is 6.08. The van der Waals surface area contributed by atoms with Gasteiger partial charge in [0, 0.05) is 5.57 Å². The summed E-state index contributed by atoms with van der Waals surface area (Å²) in [6, 6.07) is 9.75. The highest BCUT2D eigenvalue weighted by Gasteiger charge is 2.27. The van der Waals surface area contributed by atoms with Gasteiger partial charge < -0.3 is 0 Å². The van der Waals surface area contributed by atoms with E-state index in [1.165, 1.54) is 0 Å². The summed E-state index contributed by atoms with van der Waals surface area (Å²) >= 11 is 0. The molecule has 1 aromatic rings. The average Bonchev–Trinajstić information content (AvgIpc) is 2.55. The van der Waals surface area contributed by atoms with Gasteiger partial charge in [0.15, 0.2) is 0 Å². The Balaban J connectivity index is 2.81. The Morgan fingerprint density at radius 1 is 0.880 bits per heavy atom. The lowest BCUT2D eigenvalue weighted by Gasteiger charge is -2.29. The molecular formula is C21H34O4. The first-order valence-electron chi connectivity index (χ1n) is 9.14. The van der Waals surface area contributed by atoms with Gasteiger partial charge in [-0.15, -0.1) is 0 Å². The maximum atomic E-state index is 5.63. The molecule has 4 heteroatoms. The molecule has 1 aromatic carbocycles. The molecule has 0 heterocycles. The van der Waals surface area contributed by atoms with Crippen LogP contribution in [0.25, 0.3) is 5.57 Å². The van der Waals surface area contributed by atoms with E-state index >= 15 is 0 Å². The molecule has 25 heavy (non-hydrogen) atoms. The minimum absolute atomic E-state index is 0.410. The molecule has 0 bridgehead atoms. The maximum Gasteiger partial charge on any atom is 0.249 e. The van der Waals surface area contributed by atoms with Gasteiger partial charge in [-0.1, -0.05) is 63.6 Å². The van der Waals surface area contributed by atoms with E-state index in [9.17, 15) is 0 Å². The second-order valence-electron chi connectivity index (χ2n) is 7.60. The van der Waals surface area contributed by atoms with Gasteiger partial charge in [0.25, 0.3) is 0 Å². The lowest BCUT2D eigenvalue weighted by atomic mass is 10.0. The first-order chi connectivity index (χ1) is 11.7. The van der Waals surface area contributed by atoms with E-state index in [0.717, 1.165) is 31.2 Å². The van der Waals surface area contributed by atoms with Gasteiger partial charge in [-0.25, -0.2) is 9.78 Å². The molecule has 0 fully saturated rings. The van der Waals surface area contributed by atoms with E-state index in [1.54, 1.807) is 0 Å². The Morgan fingerprint density at radius 2 is 1.32 bits per heavy atom. The minimum atomic E-state index is -0.838. The third-order valence-corrected chi connectivity index (χ3v) is 3.86. The highest BCUT2D eigenvalue weighted by Crippen LogP contribution is 2.26. The summed E-state index contributed by atoms with van der Waals surface area (Å²) in [6.45, 7) is 16.3. The van der Waals surface area contributed by atoms with Gasteiger partial charge in [0.2, 0.25) is 6.29 Å². The second-order valence-corrected chi connectivity index (χ2v) is 7.60. The zero-order chi connectivity index (χ0) is 18.9. The van der Waals surface area contributed by atoms with E-state index in [-0.39, 0.29) is 0 Å². The molecule has 0 atom stereocenters. The van der Waals surface area contributed by atoms with E-state index in [0.29, 0.717) is 5.57 Å². The number of rotatable bonds is 12. The van der Waals surface area contributed by atoms with Crippen LogP contribution in [0, 0.1) is 0 Å². The second kappa shape index (κ2) is 10.1. The molecule has 0 aliphatic rings. The molecule has 0 saturated carbocycles. The summed E-state index contributed by atoms with van der Waals surface area (Å²) in [7, 11) is 0. The molecule has 0 N–H and O–H groups in total. The van der Waals surface area contributed by atoms with Crippen molar-refractivity contribution in [1.82, 2.24) is 0 Å². The van der Waals surface area contributed by atoms with Crippen LogP contribution in [0.15, 0.2) is 36.9 Å². The SMILES string of the molecule is C=C(c1ccccc1)C(OOC(C)(C)CCC)OOC(C)(C)CCC. The maximum absolute atomic E-state index is 5.63. The van der Waals surface area contributed by atoms with Crippen LogP contribution in [-0.2, 0) is 19.6 Å². The van der Waals surface area contributed by atoms with Crippen molar-refractivity contribution in [2.45, 2.75) is 84.7 Å². The summed E-state index contributed by atoms with van der Waals surface area (Å²) in [5.74, 6) is 0. The van der Waals surface area contributed by atoms with Crippen LogP contribution >= 0.6 is 0 Å². The molecule has 0 aliphatic carbocycles. The van der Waals surface area contributed by atoms with Gasteiger partial charge in [0.05, 0.1) is 11.2 Å². The molecule has 142 valence electrons. The Hall–Kier alpha value is -1.20. The molecular weight excluding hydrogens is 316 g/mol. The minimum Gasteiger partial charge on any atom is -0.227 e. The van der Waals surface area contributed by atoms with E-state index < -0.39 is 17.5 Å². The predicted molar refractivity (Wildman–Crippen MR) is 102 cm³/mol. The van der Waals surface area contributed by atoms with Gasteiger partial charge in [-0.3, -0.25) is 0 Å². The number of hydrogen-bond acceptors (Lipinski definition) is 4. The molecule has 4 nitrogen and oxygen atoms in total. The van der Waals surface area contributed by atoms with Crippen molar-refractivity contribution in [2.24, 2.45) is 0 Å². The van der Waals surface area contributed by atoms with Crippen LogP contribution in [-0.4, -0.2) is 17.5 Å². The van der Waals surface area contributed by atoms with Crippen LogP contribution in [0.5, 0.6) is 0 Å². The molecule has 0 amide bonds. The Kier molecular flexibility index (Phi) is 8.80. The lowest BCUT2D eigenvalue weighted by molar-refractivity contribution is -0.485. The van der Waals surface area contributed by atoms with Gasteiger partial charge >= 0.3 is 0 Å². The van der Waals surface area contributed by atoms with Crippen molar-refractivity contribution >= 4 is 5.57 Å². The first kappa shape index (κ1) is 21.8. The van der Waals surface area contributed by atoms with Crippen LogP contribution in [0.4, 0.5) is 0 Å². The fraction of sp³-hybridized carbons (Fsp3) is 0.619. The van der Waals surface area contributed by atoms with Crippen molar-refractivity contribution in [3.8, 4) is 0 Å². The monoisotopic (exact) mass is 350 g/mol. The summed E-state index contributed by atoms with van der Waals surface area (Å²) in [4.78, 5) is 22.5. The highest BCUT2D eigenvalue weighted by atomic mass is 17.3.